The Kier molecular flexibility index (Phi) is 10.2. The third-order valence-electron chi connectivity index (χ3n) is 4.42. The first-order chi connectivity index (χ1) is 16.0. The van der Waals surface area contributed by atoms with E-state index in [1.807, 2.05) is 0 Å². The van der Waals surface area contributed by atoms with E-state index in [4.69, 9.17) is 38.4 Å². The lowest BCUT2D eigenvalue weighted by Gasteiger charge is -2.20. The standard InChI is InChI=1S/C22H23BrCl2N4O5/c1-11(2)19(28-21(31)13-4-5-15(24)16(25)8-13)22(32)29-27-9-12-6-14(23)20(17(7-12)33-3)34-10-18(26)30/h4-9,11,19H,10H2,1-3H3,(H2,26,30)(H,28,31)(H,29,32)/b27-9+. The highest BCUT2D eigenvalue weighted by molar-refractivity contribution is 9.10. The van der Waals surface area contributed by atoms with Crippen molar-refractivity contribution >= 4 is 63.1 Å². The molecule has 0 aliphatic carbocycles. The molecule has 2 aromatic rings. The van der Waals surface area contributed by atoms with Gasteiger partial charge in [0.2, 0.25) is 0 Å². The number of halogens is 3. The van der Waals surface area contributed by atoms with Gasteiger partial charge in [-0.3, -0.25) is 14.4 Å². The molecule has 182 valence electrons. The largest absolute Gasteiger partial charge is 0.493 e. The van der Waals surface area contributed by atoms with Crippen LogP contribution in [0.5, 0.6) is 11.5 Å². The lowest BCUT2D eigenvalue weighted by molar-refractivity contribution is -0.124. The number of nitrogens with zero attached hydrogens (tertiary/aromatic N) is 1. The Morgan fingerprint density at radius 2 is 1.88 bits per heavy atom. The van der Waals surface area contributed by atoms with Crippen LogP contribution in [0.25, 0.3) is 0 Å². The minimum atomic E-state index is -0.857. The van der Waals surface area contributed by atoms with Gasteiger partial charge in [0.05, 0.1) is 27.8 Å². The first kappa shape index (κ1) is 27.4. The van der Waals surface area contributed by atoms with Crippen molar-refractivity contribution in [2.75, 3.05) is 13.7 Å². The van der Waals surface area contributed by atoms with E-state index >= 15 is 0 Å². The summed E-state index contributed by atoms with van der Waals surface area (Å²) in [4.78, 5) is 36.2. The van der Waals surface area contributed by atoms with Gasteiger partial charge in [0.25, 0.3) is 17.7 Å². The summed E-state index contributed by atoms with van der Waals surface area (Å²) < 4.78 is 11.1. The highest BCUT2D eigenvalue weighted by Crippen LogP contribution is 2.36. The molecule has 4 N–H and O–H groups in total. The maximum absolute atomic E-state index is 12.7. The highest BCUT2D eigenvalue weighted by Gasteiger charge is 2.25. The number of ether oxygens (including phenoxy) is 2. The van der Waals surface area contributed by atoms with Gasteiger partial charge >= 0.3 is 0 Å². The minimum absolute atomic E-state index is 0.224. The van der Waals surface area contributed by atoms with Gasteiger partial charge in [-0.05, 0) is 57.7 Å². The molecule has 0 spiro atoms. The number of methoxy groups -OCH3 is 1. The second-order valence-corrected chi connectivity index (χ2v) is 9.02. The molecular formula is C22H23BrCl2N4O5. The van der Waals surface area contributed by atoms with Crippen molar-refractivity contribution in [2.24, 2.45) is 16.8 Å². The van der Waals surface area contributed by atoms with E-state index in [0.717, 1.165) is 0 Å². The molecule has 0 radical (unpaired) electrons. The Balaban J connectivity index is 2.10. The predicted octanol–water partition coefficient (Wildman–Crippen LogP) is 3.53. The summed E-state index contributed by atoms with van der Waals surface area (Å²) in [7, 11) is 1.44. The lowest BCUT2D eigenvalue weighted by atomic mass is 10.0. The molecule has 0 heterocycles. The zero-order valence-electron chi connectivity index (χ0n) is 18.5. The van der Waals surface area contributed by atoms with E-state index in [0.29, 0.717) is 26.6 Å². The molecule has 0 fully saturated rings. The van der Waals surface area contributed by atoms with Gasteiger partial charge in [0, 0.05) is 5.56 Å². The fourth-order valence-electron chi connectivity index (χ4n) is 2.73. The highest BCUT2D eigenvalue weighted by atomic mass is 79.9. The quantitative estimate of drug-likeness (QED) is 0.295. The molecule has 0 bridgehead atoms. The normalized spacial score (nSPS) is 11.9. The average Bonchev–Trinajstić information content (AvgIpc) is 2.77. The molecule has 0 aromatic heterocycles. The predicted molar refractivity (Wildman–Crippen MR) is 134 cm³/mol. The molecule has 9 nitrogen and oxygen atoms in total. The number of hydrazone groups is 1. The van der Waals surface area contributed by atoms with Crippen LogP contribution in [-0.2, 0) is 9.59 Å². The van der Waals surface area contributed by atoms with Gasteiger partial charge in [0.1, 0.15) is 6.04 Å². The van der Waals surface area contributed by atoms with Crippen LogP contribution >= 0.6 is 39.1 Å². The summed E-state index contributed by atoms with van der Waals surface area (Å²) in [5.74, 6) is -1.21. The van der Waals surface area contributed by atoms with Gasteiger partial charge in [0.15, 0.2) is 18.1 Å². The average molecular weight is 574 g/mol. The number of hydrogen-bond donors (Lipinski definition) is 3. The summed E-state index contributed by atoms with van der Waals surface area (Å²) >= 11 is 15.2. The second kappa shape index (κ2) is 12.6. The molecule has 1 unspecified atom stereocenters. The first-order valence-corrected chi connectivity index (χ1v) is 11.5. The monoisotopic (exact) mass is 572 g/mol. The number of nitrogens with two attached hydrogens (primary N) is 1. The van der Waals surface area contributed by atoms with Crippen LogP contribution in [0.15, 0.2) is 39.9 Å². The van der Waals surface area contributed by atoms with Crippen LogP contribution in [0.1, 0.15) is 29.8 Å². The van der Waals surface area contributed by atoms with Crippen LogP contribution in [-0.4, -0.2) is 43.7 Å². The molecule has 0 aliphatic heterocycles. The van der Waals surface area contributed by atoms with Crippen molar-refractivity contribution in [3.63, 3.8) is 0 Å². The van der Waals surface area contributed by atoms with Crippen LogP contribution in [0.4, 0.5) is 0 Å². The zero-order chi connectivity index (χ0) is 25.4. The van der Waals surface area contributed by atoms with Gasteiger partial charge in [-0.25, -0.2) is 5.43 Å². The zero-order valence-corrected chi connectivity index (χ0v) is 21.6. The first-order valence-electron chi connectivity index (χ1n) is 9.91. The Morgan fingerprint density at radius 3 is 2.47 bits per heavy atom. The molecule has 34 heavy (non-hydrogen) atoms. The van der Waals surface area contributed by atoms with E-state index < -0.39 is 23.8 Å². The molecule has 3 amide bonds. The number of carbonyl (C=O) groups excluding carboxylic acids is 3. The number of benzene rings is 2. The van der Waals surface area contributed by atoms with Crippen LogP contribution < -0.4 is 25.9 Å². The van der Waals surface area contributed by atoms with Crippen molar-refractivity contribution in [1.82, 2.24) is 10.7 Å². The van der Waals surface area contributed by atoms with Gasteiger partial charge in [-0.15, -0.1) is 0 Å². The van der Waals surface area contributed by atoms with Gasteiger partial charge in [-0.1, -0.05) is 37.0 Å². The Labute approximate surface area is 215 Å². The van der Waals surface area contributed by atoms with E-state index in [1.165, 1.54) is 31.5 Å². The second-order valence-electron chi connectivity index (χ2n) is 7.35. The molecular weight excluding hydrogens is 551 g/mol. The fourth-order valence-corrected chi connectivity index (χ4v) is 3.61. The van der Waals surface area contributed by atoms with Crippen molar-refractivity contribution in [2.45, 2.75) is 19.9 Å². The molecule has 12 heteroatoms. The van der Waals surface area contributed by atoms with Gasteiger partial charge < -0.3 is 20.5 Å². The summed E-state index contributed by atoms with van der Waals surface area (Å²) in [5.41, 5.74) is 8.37. The molecule has 2 aromatic carbocycles. The number of amides is 3. The van der Waals surface area contributed by atoms with Gasteiger partial charge in [-0.2, -0.15) is 5.10 Å². The lowest BCUT2D eigenvalue weighted by Crippen LogP contribution is -2.48. The minimum Gasteiger partial charge on any atom is -0.493 e. The van der Waals surface area contributed by atoms with E-state index in [-0.39, 0.29) is 23.1 Å². The number of primary amides is 1. The van der Waals surface area contributed by atoms with Crippen LogP contribution in [0.3, 0.4) is 0 Å². The summed E-state index contributed by atoms with van der Waals surface area (Å²) in [6.07, 6.45) is 1.39. The summed E-state index contributed by atoms with van der Waals surface area (Å²) in [6.45, 7) is 3.26. The topological polar surface area (TPSA) is 132 Å². The third-order valence-corrected chi connectivity index (χ3v) is 5.74. The number of hydrogen-bond acceptors (Lipinski definition) is 6. The van der Waals surface area contributed by atoms with Crippen molar-refractivity contribution in [3.05, 3.63) is 56.0 Å². The van der Waals surface area contributed by atoms with Crippen molar-refractivity contribution in [3.8, 4) is 11.5 Å². The Bertz CT molecular complexity index is 1110. The van der Waals surface area contributed by atoms with Crippen LogP contribution in [0, 0.1) is 5.92 Å². The third kappa shape index (κ3) is 7.61. The SMILES string of the molecule is COc1cc(/C=N/NC(=O)C(NC(=O)c2ccc(Cl)c(Cl)c2)C(C)C)cc(Br)c1OCC(N)=O. The number of carbonyl (C=O) groups is 3. The van der Waals surface area contributed by atoms with E-state index in [1.54, 1.807) is 26.0 Å². The Hall–Kier alpha value is -2.82. The molecule has 2 rings (SSSR count). The molecule has 1 atom stereocenters. The number of rotatable bonds is 10. The number of nitrogens with one attached hydrogen (secondary N) is 2. The maximum Gasteiger partial charge on any atom is 0.262 e. The fraction of sp³-hybridized carbons (Fsp3) is 0.273. The summed E-state index contributed by atoms with van der Waals surface area (Å²) in [5, 5.41) is 7.20. The Morgan fingerprint density at radius 1 is 1.18 bits per heavy atom. The molecule has 0 saturated carbocycles. The molecule has 0 aliphatic rings. The van der Waals surface area contributed by atoms with Crippen molar-refractivity contribution < 1.29 is 23.9 Å². The smallest absolute Gasteiger partial charge is 0.262 e. The molecule has 0 saturated heterocycles. The van der Waals surface area contributed by atoms with E-state index in [9.17, 15) is 14.4 Å². The van der Waals surface area contributed by atoms with Crippen molar-refractivity contribution in [1.29, 1.82) is 0 Å². The maximum atomic E-state index is 12.7. The van der Waals surface area contributed by atoms with E-state index in [2.05, 4.69) is 31.8 Å². The van der Waals surface area contributed by atoms with Crippen LogP contribution in [0.2, 0.25) is 10.0 Å². The summed E-state index contributed by atoms with van der Waals surface area (Å²) in [6, 6.07) is 6.84.